The lowest BCUT2D eigenvalue weighted by Gasteiger charge is -2.02. The van der Waals surface area contributed by atoms with Crippen LogP contribution in [0.2, 0.25) is 5.02 Å². The molecule has 0 aromatic heterocycles. The SMILES string of the molecule is CCc1ccc(C(=O)SC)c(Cl)c1. The Morgan fingerprint density at radius 2 is 2.23 bits per heavy atom. The minimum Gasteiger partial charge on any atom is -0.282 e. The molecule has 0 radical (unpaired) electrons. The van der Waals surface area contributed by atoms with Gasteiger partial charge in [0.1, 0.15) is 0 Å². The average Bonchev–Trinajstić information content (AvgIpc) is 2.16. The Balaban J connectivity index is 3.05. The van der Waals surface area contributed by atoms with Crippen LogP contribution >= 0.6 is 23.4 Å². The zero-order valence-electron chi connectivity index (χ0n) is 7.63. The molecule has 0 atom stereocenters. The Kier molecular flexibility index (Phi) is 3.82. The second-order valence-corrected chi connectivity index (χ2v) is 3.85. The molecule has 1 aromatic rings. The van der Waals surface area contributed by atoms with Crippen molar-refractivity contribution in [3.05, 3.63) is 34.3 Å². The molecule has 1 nitrogen and oxygen atoms in total. The lowest BCUT2D eigenvalue weighted by Crippen LogP contribution is -1.94. The highest BCUT2D eigenvalue weighted by Crippen LogP contribution is 2.21. The van der Waals surface area contributed by atoms with Gasteiger partial charge in [-0.15, -0.1) is 0 Å². The number of thioether (sulfide) groups is 1. The highest BCUT2D eigenvalue weighted by Gasteiger charge is 2.08. The fourth-order valence-electron chi connectivity index (χ4n) is 1.05. The van der Waals surface area contributed by atoms with E-state index >= 15 is 0 Å². The first-order valence-electron chi connectivity index (χ1n) is 4.05. The van der Waals surface area contributed by atoms with Gasteiger partial charge in [0.25, 0.3) is 0 Å². The van der Waals surface area contributed by atoms with E-state index in [9.17, 15) is 4.79 Å². The quantitative estimate of drug-likeness (QED) is 0.751. The van der Waals surface area contributed by atoms with Crippen LogP contribution in [-0.4, -0.2) is 11.4 Å². The van der Waals surface area contributed by atoms with E-state index in [0.29, 0.717) is 10.6 Å². The molecule has 0 bridgehead atoms. The van der Waals surface area contributed by atoms with Crippen LogP contribution in [0.25, 0.3) is 0 Å². The van der Waals surface area contributed by atoms with Crippen LogP contribution in [0.3, 0.4) is 0 Å². The molecule has 0 unspecified atom stereocenters. The van der Waals surface area contributed by atoms with Gasteiger partial charge in [-0.05, 0) is 30.4 Å². The molecule has 0 saturated carbocycles. The number of halogens is 1. The Bertz CT molecular complexity index is 323. The summed E-state index contributed by atoms with van der Waals surface area (Å²) in [5, 5.41) is 0.575. The zero-order valence-corrected chi connectivity index (χ0v) is 9.21. The highest BCUT2D eigenvalue weighted by molar-refractivity contribution is 8.13. The molecule has 1 rings (SSSR count). The van der Waals surface area contributed by atoms with Crippen LogP contribution in [0.5, 0.6) is 0 Å². The second-order valence-electron chi connectivity index (χ2n) is 2.66. The van der Waals surface area contributed by atoms with Crippen LogP contribution in [-0.2, 0) is 6.42 Å². The first-order chi connectivity index (χ1) is 6.19. The molecule has 0 aliphatic carbocycles. The second kappa shape index (κ2) is 4.68. The summed E-state index contributed by atoms with van der Waals surface area (Å²) in [6.45, 7) is 2.06. The number of carbonyl (C=O) groups is 1. The van der Waals surface area contributed by atoms with Gasteiger partial charge in [-0.25, -0.2) is 0 Å². The van der Waals surface area contributed by atoms with E-state index in [0.717, 1.165) is 12.0 Å². The Labute approximate surface area is 87.5 Å². The fourth-order valence-corrected chi connectivity index (χ4v) is 1.80. The summed E-state index contributed by atoms with van der Waals surface area (Å²) < 4.78 is 0. The first kappa shape index (κ1) is 10.6. The van der Waals surface area contributed by atoms with Crippen LogP contribution < -0.4 is 0 Å². The maximum Gasteiger partial charge on any atom is 0.220 e. The van der Waals surface area contributed by atoms with Crippen molar-refractivity contribution >= 4 is 28.5 Å². The van der Waals surface area contributed by atoms with Crippen molar-refractivity contribution in [1.29, 1.82) is 0 Å². The predicted molar refractivity (Wildman–Crippen MR) is 58.7 cm³/mol. The van der Waals surface area contributed by atoms with Gasteiger partial charge >= 0.3 is 0 Å². The van der Waals surface area contributed by atoms with Crippen molar-refractivity contribution in [2.24, 2.45) is 0 Å². The molecule has 0 saturated heterocycles. The van der Waals surface area contributed by atoms with E-state index in [4.69, 9.17) is 11.6 Å². The van der Waals surface area contributed by atoms with Gasteiger partial charge in [0.2, 0.25) is 5.12 Å². The number of carbonyl (C=O) groups excluding carboxylic acids is 1. The van der Waals surface area contributed by atoms with Gasteiger partial charge in [-0.3, -0.25) is 4.79 Å². The van der Waals surface area contributed by atoms with Gasteiger partial charge in [0.05, 0.1) is 5.02 Å². The van der Waals surface area contributed by atoms with Crippen molar-refractivity contribution in [3.63, 3.8) is 0 Å². The monoisotopic (exact) mass is 214 g/mol. The number of hydrogen-bond acceptors (Lipinski definition) is 2. The van der Waals surface area contributed by atoms with Crippen LogP contribution in [0.1, 0.15) is 22.8 Å². The molecule has 0 fully saturated rings. The fraction of sp³-hybridized carbons (Fsp3) is 0.300. The van der Waals surface area contributed by atoms with E-state index in [-0.39, 0.29) is 5.12 Å². The Morgan fingerprint density at radius 3 is 2.69 bits per heavy atom. The summed E-state index contributed by atoms with van der Waals surface area (Å²) in [4.78, 5) is 11.3. The van der Waals surface area contributed by atoms with E-state index in [2.05, 4.69) is 6.92 Å². The van der Waals surface area contributed by atoms with Crippen molar-refractivity contribution in [1.82, 2.24) is 0 Å². The molecule has 0 N–H and O–H groups in total. The molecule has 0 spiro atoms. The molecule has 70 valence electrons. The third-order valence-electron chi connectivity index (χ3n) is 1.85. The molecular weight excluding hydrogens is 204 g/mol. The minimum atomic E-state index is 0.0210. The van der Waals surface area contributed by atoms with Crippen LogP contribution in [0.4, 0.5) is 0 Å². The maximum absolute atomic E-state index is 11.3. The third kappa shape index (κ3) is 2.48. The van der Waals surface area contributed by atoms with Gasteiger partial charge in [0.15, 0.2) is 0 Å². The molecule has 0 amide bonds. The largest absolute Gasteiger partial charge is 0.282 e. The van der Waals surface area contributed by atoms with Gasteiger partial charge in [-0.2, -0.15) is 0 Å². The lowest BCUT2D eigenvalue weighted by molar-refractivity contribution is 0.108. The van der Waals surface area contributed by atoms with E-state index in [1.807, 2.05) is 12.1 Å². The number of aryl methyl sites for hydroxylation is 1. The molecule has 3 heteroatoms. The Morgan fingerprint density at radius 1 is 1.54 bits per heavy atom. The van der Waals surface area contributed by atoms with Gasteiger partial charge in [0, 0.05) is 5.56 Å². The summed E-state index contributed by atoms with van der Waals surface area (Å²) in [6.07, 6.45) is 2.69. The van der Waals surface area contributed by atoms with Crippen LogP contribution in [0.15, 0.2) is 18.2 Å². The summed E-state index contributed by atoms with van der Waals surface area (Å²) in [5.41, 5.74) is 1.76. The standard InChI is InChI=1S/C10H11ClOS/c1-3-7-4-5-8(9(11)6-7)10(12)13-2/h4-6H,3H2,1-2H3. The summed E-state index contributed by atoms with van der Waals surface area (Å²) in [7, 11) is 0. The third-order valence-corrected chi connectivity index (χ3v) is 2.75. The normalized spacial score (nSPS) is 10.1. The number of benzene rings is 1. The number of rotatable bonds is 2. The molecule has 1 aromatic carbocycles. The summed E-state index contributed by atoms with van der Waals surface area (Å²) >= 11 is 7.13. The summed E-state index contributed by atoms with van der Waals surface area (Å²) in [6, 6.07) is 5.58. The van der Waals surface area contributed by atoms with Gasteiger partial charge < -0.3 is 0 Å². The van der Waals surface area contributed by atoms with E-state index in [1.54, 1.807) is 12.3 Å². The number of hydrogen-bond donors (Lipinski definition) is 0. The van der Waals surface area contributed by atoms with E-state index < -0.39 is 0 Å². The van der Waals surface area contributed by atoms with Crippen molar-refractivity contribution in [2.75, 3.05) is 6.26 Å². The summed E-state index contributed by atoms with van der Waals surface area (Å²) in [5.74, 6) is 0. The minimum absolute atomic E-state index is 0.0210. The van der Waals surface area contributed by atoms with Crippen LogP contribution in [0, 0.1) is 0 Å². The van der Waals surface area contributed by atoms with Crippen molar-refractivity contribution < 1.29 is 4.79 Å². The highest BCUT2D eigenvalue weighted by atomic mass is 35.5. The molecule has 0 aliphatic rings. The lowest BCUT2D eigenvalue weighted by atomic mass is 10.1. The smallest absolute Gasteiger partial charge is 0.220 e. The average molecular weight is 215 g/mol. The molecule has 0 aliphatic heterocycles. The van der Waals surface area contributed by atoms with E-state index in [1.165, 1.54) is 11.8 Å². The van der Waals surface area contributed by atoms with Crippen molar-refractivity contribution in [2.45, 2.75) is 13.3 Å². The molecular formula is C10H11ClOS. The van der Waals surface area contributed by atoms with Crippen molar-refractivity contribution in [3.8, 4) is 0 Å². The zero-order chi connectivity index (χ0) is 9.84. The molecule has 13 heavy (non-hydrogen) atoms. The molecule has 0 heterocycles. The topological polar surface area (TPSA) is 17.1 Å². The first-order valence-corrected chi connectivity index (χ1v) is 5.66. The predicted octanol–water partition coefficient (Wildman–Crippen LogP) is 3.41. The maximum atomic E-state index is 11.3. The van der Waals surface area contributed by atoms with Gasteiger partial charge in [-0.1, -0.05) is 36.4 Å². The Hall–Kier alpha value is -0.470.